The van der Waals surface area contributed by atoms with E-state index in [9.17, 15) is 9.59 Å². The highest BCUT2D eigenvalue weighted by atomic mass is 32.1. The van der Waals surface area contributed by atoms with E-state index in [1.54, 1.807) is 41.3 Å². The number of carbonyl (C=O) groups excluding carboxylic acids is 2. The Balaban J connectivity index is 1.58. The van der Waals surface area contributed by atoms with Gasteiger partial charge in [-0.25, -0.2) is 4.98 Å². The number of nitrogens with zero attached hydrogens (tertiary/aromatic N) is 4. The van der Waals surface area contributed by atoms with Gasteiger partial charge in [0.25, 0.3) is 5.91 Å². The summed E-state index contributed by atoms with van der Waals surface area (Å²) in [4.78, 5) is 33.1. The van der Waals surface area contributed by atoms with Crippen LogP contribution >= 0.6 is 11.3 Å². The van der Waals surface area contributed by atoms with Gasteiger partial charge in [-0.05, 0) is 12.1 Å². The molecule has 30 heavy (non-hydrogen) atoms. The molecule has 2 amide bonds. The molecule has 3 aromatic heterocycles. The van der Waals surface area contributed by atoms with E-state index < -0.39 is 6.10 Å². The fourth-order valence-corrected chi connectivity index (χ4v) is 4.58. The number of thiophene rings is 1. The molecular formula is C20H23N5O4S. The highest BCUT2D eigenvalue weighted by Crippen LogP contribution is 2.37. The first-order valence-electron chi connectivity index (χ1n) is 9.68. The second-order valence-electron chi connectivity index (χ2n) is 6.85. The summed E-state index contributed by atoms with van der Waals surface area (Å²) in [6.07, 6.45) is 4.71. The van der Waals surface area contributed by atoms with Gasteiger partial charge >= 0.3 is 0 Å². The largest absolute Gasteiger partial charge is 0.383 e. The molecule has 10 heteroatoms. The third kappa shape index (κ3) is 4.35. The minimum atomic E-state index is -0.401. The van der Waals surface area contributed by atoms with Gasteiger partial charge in [-0.1, -0.05) is 6.07 Å². The van der Waals surface area contributed by atoms with Crippen LogP contribution in [0, 0.1) is 0 Å². The van der Waals surface area contributed by atoms with Crippen LogP contribution in [0.3, 0.4) is 0 Å². The normalized spacial score (nSPS) is 16.7. The minimum Gasteiger partial charge on any atom is -0.383 e. The van der Waals surface area contributed by atoms with E-state index in [2.05, 4.69) is 15.4 Å². The van der Waals surface area contributed by atoms with Crippen LogP contribution in [-0.4, -0.2) is 71.4 Å². The van der Waals surface area contributed by atoms with Gasteiger partial charge in [0.15, 0.2) is 0 Å². The smallest absolute Gasteiger partial charge is 0.261 e. The molecule has 9 nitrogen and oxygen atoms in total. The van der Waals surface area contributed by atoms with Crippen molar-refractivity contribution >= 4 is 33.4 Å². The number of nitrogens with one attached hydrogen (secondary N) is 1. The number of morpholine rings is 1. The monoisotopic (exact) mass is 429 g/mol. The quantitative estimate of drug-likeness (QED) is 0.571. The number of hydrogen-bond donors (Lipinski definition) is 1. The van der Waals surface area contributed by atoms with Crippen molar-refractivity contribution in [2.45, 2.75) is 12.6 Å². The van der Waals surface area contributed by atoms with E-state index in [4.69, 9.17) is 9.47 Å². The minimum absolute atomic E-state index is 0.0317. The maximum atomic E-state index is 12.8. The third-order valence-electron chi connectivity index (χ3n) is 4.90. The Hall–Kier alpha value is -2.82. The van der Waals surface area contributed by atoms with E-state index in [-0.39, 0.29) is 18.4 Å². The summed E-state index contributed by atoms with van der Waals surface area (Å²) < 4.78 is 12.6. The number of amides is 2. The lowest BCUT2D eigenvalue weighted by molar-refractivity contribution is -0.139. The summed E-state index contributed by atoms with van der Waals surface area (Å²) in [5.74, 6) is -0.218. The summed E-state index contributed by atoms with van der Waals surface area (Å²) >= 11 is 1.34. The number of fused-ring (bicyclic) bond motifs is 1. The number of methoxy groups -OCH3 is 1. The van der Waals surface area contributed by atoms with Crippen LogP contribution in [0.15, 0.2) is 36.8 Å². The second kappa shape index (κ2) is 9.33. The first-order chi connectivity index (χ1) is 14.7. The van der Waals surface area contributed by atoms with Gasteiger partial charge in [0.2, 0.25) is 5.91 Å². The lowest BCUT2D eigenvalue weighted by atomic mass is 10.0. The fourth-order valence-electron chi connectivity index (χ4n) is 3.47. The average Bonchev–Trinajstić information content (AvgIpc) is 3.41. The summed E-state index contributed by atoms with van der Waals surface area (Å²) in [6.45, 7) is 2.30. The topological polar surface area (TPSA) is 98.6 Å². The van der Waals surface area contributed by atoms with Gasteiger partial charge in [-0.3, -0.25) is 14.3 Å². The molecule has 1 aliphatic heterocycles. The number of hydrogen-bond acceptors (Lipinski definition) is 7. The predicted octanol–water partition coefficient (Wildman–Crippen LogP) is 1.47. The molecule has 158 valence electrons. The zero-order chi connectivity index (χ0) is 20.9. The molecule has 0 radical (unpaired) electrons. The molecule has 0 saturated carbocycles. The Morgan fingerprint density at radius 1 is 1.37 bits per heavy atom. The number of aromatic nitrogens is 3. The zero-order valence-electron chi connectivity index (χ0n) is 16.6. The number of pyridine rings is 1. The Morgan fingerprint density at radius 3 is 3.07 bits per heavy atom. The van der Waals surface area contributed by atoms with Gasteiger partial charge in [-0.15, -0.1) is 11.3 Å². The van der Waals surface area contributed by atoms with Gasteiger partial charge in [0, 0.05) is 49.7 Å². The Kier molecular flexibility index (Phi) is 6.36. The van der Waals surface area contributed by atoms with Crippen molar-refractivity contribution in [2.75, 3.05) is 40.0 Å². The van der Waals surface area contributed by atoms with E-state index >= 15 is 0 Å². The Morgan fingerprint density at radius 2 is 2.27 bits per heavy atom. The van der Waals surface area contributed by atoms with Crippen molar-refractivity contribution in [2.24, 2.45) is 0 Å². The standard InChI is InChI=1S/C20H23N5O4S/c1-28-10-7-21-19(27)18-17(14-4-2-5-22-20(14)30-18)15-12-24(9-11-29-15)16(26)13-25-8-3-6-23-25/h2-6,8,15H,7,9-13H2,1H3,(H,21,27)/t15-/m0/s1. The molecule has 3 aromatic rings. The first kappa shape index (κ1) is 20.5. The van der Waals surface area contributed by atoms with E-state index in [1.165, 1.54) is 11.3 Å². The average molecular weight is 430 g/mol. The predicted molar refractivity (Wildman–Crippen MR) is 111 cm³/mol. The van der Waals surface area contributed by atoms with Gasteiger partial charge in [-0.2, -0.15) is 5.10 Å². The summed E-state index contributed by atoms with van der Waals surface area (Å²) in [6, 6.07) is 5.57. The third-order valence-corrected chi connectivity index (χ3v) is 6.03. The van der Waals surface area contributed by atoms with E-state index in [0.29, 0.717) is 37.7 Å². The second-order valence-corrected chi connectivity index (χ2v) is 7.85. The van der Waals surface area contributed by atoms with Crippen molar-refractivity contribution in [3.8, 4) is 0 Å². The van der Waals surface area contributed by atoms with Crippen LogP contribution in [0.2, 0.25) is 0 Å². The molecule has 0 aliphatic carbocycles. The molecule has 1 aliphatic rings. The lowest BCUT2D eigenvalue weighted by Gasteiger charge is -2.33. The number of carbonyl (C=O) groups is 2. The molecule has 1 N–H and O–H groups in total. The number of ether oxygens (including phenoxy) is 2. The molecule has 0 spiro atoms. The highest BCUT2D eigenvalue weighted by Gasteiger charge is 2.31. The van der Waals surface area contributed by atoms with Crippen LogP contribution in [0.5, 0.6) is 0 Å². The van der Waals surface area contributed by atoms with Crippen molar-refractivity contribution in [3.63, 3.8) is 0 Å². The summed E-state index contributed by atoms with van der Waals surface area (Å²) in [5.41, 5.74) is 0.787. The maximum absolute atomic E-state index is 12.8. The van der Waals surface area contributed by atoms with Gasteiger partial charge < -0.3 is 19.7 Å². The molecule has 1 saturated heterocycles. The SMILES string of the molecule is COCCNC(=O)c1sc2ncccc2c1[C@@H]1CN(C(=O)Cn2cccn2)CCO1. The van der Waals surface area contributed by atoms with Crippen LogP contribution in [-0.2, 0) is 20.8 Å². The number of rotatable bonds is 7. The molecule has 4 heterocycles. The first-order valence-corrected chi connectivity index (χ1v) is 10.5. The van der Waals surface area contributed by atoms with Crippen molar-refractivity contribution in [1.29, 1.82) is 0 Å². The lowest BCUT2D eigenvalue weighted by Crippen LogP contribution is -2.44. The van der Waals surface area contributed by atoms with Crippen LogP contribution < -0.4 is 5.32 Å². The van der Waals surface area contributed by atoms with Crippen molar-refractivity contribution in [1.82, 2.24) is 25.0 Å². The van der Waals surface area contributed by atoms with Crippen LogP contribution in [0.1, 0.15) is 21.3 Å². The molecular weight excluding hydrogens is 406 g/mol. The van der Waals surface area contributed by atoms with Gasteiger partial charge in [0.05, 0.1) is 19.8 Å². The van der Waals surface area contributed by atoms with E-state index in [1.807, 2.05) is 12.1 Å². The molecule has 1 atom stereocenters. The Bertz CT molecular complexity index is 1020. The van der Waals surface area contributed by atoms with Gasteiger partial charge in [0.1, 0.15) is 22.4 Å². The van der Waals surface area contributed by atoms with Crippen LogP contribution in [0.4, 0.5) is 0 Å². The van der Waals surface area contributed by atoms with Crippen molar-refractivity contribution < 1.29 is 19.1 Å². The fraction of sp³-hybridized carbons (Fsp3) is 0.400. The van der Waals surface area contributed by atoms with Crippen LogP contribution in [0.25, 0.3) is 10.2 Å². The maximum Gasteiger partial charge on any atom is 0.261 e. The van der Waals surface area contributed by atoms with Crippen molar-refractivity contribution in [3.05, 3.63) is 47.2 Å². The molecule has 0 unspecified atom stereocenters. The molecule has 0 bridgehead atoms. The zero-order valence-corrected chi connectivity index (χ0v) is 17.4. The van der Waals surface area contributed by atoms with E-state index in [0.717, 1.165) is 15.8 Å². The molecule has 0 aromatic carbocycles. The highest BCUT2D eigenvalue weighted by molar-refractivity contribution is 7.20. The summed E-state index contributed by atoms with van der Waals surface area (Å²) in [7, 11) is 1.59. The molecule has 4 rings (SSSR count). The molecule has 1 fully saturated rings. The summed E-state index contributed by atoms with van der Waals surface area (Å²) in [5, 5.41) is 7.86. The Labute approximate surface area is 177 Å².